The van der Waals surface area contributed by atoms with Crippen LogP contribution in [0.3, 0.4) is 0 Å². The second kappa shape index (κ2) is 24.1. The molecule has 1 aliphatic rings. The van der Waals surface area contributed by atoms with Crippen molar-refractivity contribution in [2.24, 2.45) is 0 Å². The van der Waals surface area contributed by atoms with E-state index in [1.165, 1.54) is 89.2 Å². The van der Waals surface area contributed by atoms with E-state index in [4.69, 9.17) is 0 Å². The van der Waals surface area contributed by atoms with Gasteiger partial charge in [-0.15, -0.1) is 0 Å². The monoisotopic (exact) mass is 552 g/mol. The van der Waals surface area contributed by atoms with E-state index in [1.807, 2.05) is 0 Å². The molecule has 0 radical (unpaired) electrons. The number of rotatable bonds is 24. The summed E-state index contributed by atoms with van der Waals surface area (Å²) in [5.74, 6) is -3.01. The quantitative estimate of drug-likeness (QED) is 0.0925. The third-order valence-corrected chi connectivity index (χ3v) is 7.85. The lowest BCUT2D eigenvalue weighted by atomic mass is 10.1. The number of nitrogens with one attached hydrogen (secondary N) is 2. The van der Waals surface area contributed by atoms with Crippen LogP contribution in [0.1, 0.15) is 162 Å². The first-order valence-corrected chi connectivity index (χ1v) is 16.3. The predicted octanol–water partition coefficient (Wildman–Crippen LogP) is 9.69. The van der Waals surface area contributed by atoms with Crippen molar-refractivity contribution in [1.29, 1.82) is 0 Å². The molecule has 6 heteroatoms. The Morgan fingerprint density at radius 3 is 1.21 bits per heavy atom. The Hall–Kier alpha value is -1.72. The smallest absolute Gasteiger partial charge is 0.279 e. The van der Waals surface area contributed by atoms with E-state index in [2.05, 4.69) is 24.5 Å². The van der Waals surface area contributed by atoms with Gasteiger partial charge in [0.05, 0.1) is 0 Å². The second-order valence-corrected chi connectivity index (χ2v) is 11.4. The molecule has 0 saturated heterocycles. The maximum atomic E-state index is 14.3. The fourth-order valence-corrected chi connectivity index (χ4v) is 5.33. The summed E-state index contributed by atoms with van der Waals surface area (Å²) in [6.45, 7) is 4.44. The molecule has 2 N–H and O–H groups in total. The SMILES string of the molecule is CCCCCCCCCCC/C=C(\F)C(=O)N[C@H]1CCC[C@H]1NC(=O)/C(F)=C/CCCCCCCCCCC. The molecule has 4 nitrogen and oxygen atoms in total. The standard InChI is InChI=1S/C33H58F2N2O2/c1-3-5-7-9-11-13-15-17-19-21-24-28(34)32(38)36-30-26-23-27-31(30)37-33(39)29(35)25-22-20-18-16-14-12-10-8-6-4-2/h24-25,30-31H,3-23,26-27H2,1-2H3,(H,36,38)(H,37,39)/b28-24-,29-25-/t30-,31+. The van der Waals surface area contributed by atoms with Gasteiger partial charge in [-0.25, -0.2) is 8.78 Å². The highest BCUT2D eigenvalue weighted by Gasteiger charge is 2.31. The van der Waals surface area contributed by atoms with Crippen molar-refractivity contribution in [2.75, 3.05) is 0 Å². The maximum absolute atomic E-state index is 14.3. The molecule has 1 aliphatic carbocycles. The molecule has 0 aliphatic heterocycles. The molecule has 39 heavy (non-hydrogen) atoms. The van der Waals surface area contributed by atoms with Crippen LogP contribution < -0.4 is 10.6 Å². The highest BCUT2D eigenvalue weighted by atomic mass is 19.1. The fraction of sp³-hybridized carbons (Fsp3) is 0.818. The van der Waals surface area contributed by atoms with Gasteiger partial charge in [-0.05, 0) is 57.1 Å². The summed E-state index contributed by atoms with van der Waals surface area (Å²) in [6, 6.07) is -0.753. The van der Waals surface area contributed by atoms with Crippen molar-refractivity contribution >= 4 is 11.8 Å². The molecule has 1 fully saturated rings. The molecule has 2 atom stereocenters. The first kappa shape index (κ1) is 35.3. The second-order valence-electron chi connectivity index (χ2n) is 11.4. The van der Waals surface area contributed by atoms with Gasteiger partial charge in [0.25, 0.3) is 11.8 Å². The Morgan fingerprint density at radius 1 is 0.564 bits per heavy atom. The molecule has 0 spiro atoms. The molecular weight excluding hydrogens is 494 g/mol. The molecule has 0 aromatic rings. The summed E-state index contributed by atoms with van der Waals surface area (Å²) in [7, 11) is 0. The van der Waals surface area contributed by atoms with Crippen LogP contribution in [0.5, 0.6) is 0 Å². The van der Waals surface area contributed by atoms with E-state index in [0.717, 1.165) is 44.9 Å². The molecule has 0 aromatic heterocycles. The van der Waals surface area contributed by atoms with Gasteiger partial charge in [0.15, 0.2) is 11.7 Å². The summed E-state index contributed by atoms with van der Waals surface area (Å²) in [6.07, 6.45) is 27.4. The number of halogens is 2. The van der Waals surface area contributed by atoms with E-state index < -0.39 is 23.5 Å². The summed E-state index contributed by atoms with van der Waals surface area (Å²) >= 11 is 0. The van der Waals surface area contributed by atoms with Crippen LogP contribution in [0.25, 0.3) is 0 Å². The van der Waals surface area contributed by atoms with Gasteiger partial charge in [0, 0.05) is 12.1 Å². The van der Waals surface area contributed by atoms with Crippen LogP contribution in [0, 0.1) is 0 Å². The molecule has 1 rings (SSSR count). The molecule has 0 unspecified atom stereocenters. The molecular formula is C33H58F2N2O2. The van der Waals surface area contributed by atoms with Crippen LogP contribution >= 0.6 is 0 Å². The number of carbonyl (C=O) groups excluding carboxylic acids is 2. The number of unbranched alkanes of at least 4 members (excludes halogenated alkanes) is 18. The van der Waals surface area contributed by atoms with Crippen molar-refractivity contribution in [2.45, 2.75) is 174 Å². The Morgan fingerprint density at radius 2 is 0.872 bits per heavy atom. The Kier molecular flexibility index (Phi) is 21.8. The van der Waals surface area contributed by atoms with Crippen molar-refractivity contribution in [3.05, 3.63) is 23.8 Å². The summed E-state index contributed by atoms with van der Waals surface area (Å²) < 4.78 is 28.7. The minimum absolute atomic E-state index is 0.376. The number of allylic oxidation sites excluding steroid dienone is 2. The zero-order chi connectivity index (χ0) is 28.6. The summed E-state index contributed by atoms with van der Waals surface area (Å²) in [5, 5.41) is 5.41. The van der Waals surface area contributed by atoms with Crippen molar-refractivity contribution in [1.82, 2.24) is 10.6 Å². The average Bonchev–Trinajstić information content (AvgIpc) is 3.36. The lowest BCUT2D eigenvalue weighted by Crippen LogP contribution is -2.48. The van der Waals surface area contributed by atoms with Gasteiger partial charge >= 0.3 is 0 Å². The van der Waals surface area contributed by atoms with Gasteiger partial charge in [-0.3, -0.25) is 9.59 Å². The molecule has 0 bridgehead atoms. The van der Waals surface area contributed by atoms with Crippen molar-refractivity contribution in [3.63, 3.8) is 0 Å². The van der Waals surface area contributed by atoms with E-state index >= 15 is 0 Å². The third-order valence-electron chi connectivity index (χ3n) is 7.85. The van der Waals surface area contributed by atoms with Gasteiger partial charge in [0.2, 0.25) is 0 Å². The minimum atomic E-state index is -0.765. The highest BCUT2D eigenvalue weighted by Crippen LogP contribution is 2.21. The van der Waals surface area contributed by atoms with Gasteiger partial charge in [0.1, 0.15) is 0 Å². The average molecular weight is 553 g/mol. The van der Waals surface area contributed by atoms with Crippen molar-refractivity contribution < 1.29 is 18.4 Å². The number of hydrogen-bond donors (Lipinski definition) is 2. The summed E-state index contributed by atoms with van der Waals surface area (Å²) in [4.78, 5) is 24.6. The minimum Gasteiger partial charge on any atom is -0.345 e. The largest absolute Gasteiger partial charge is 0.345 e. The maximum Gasteiger partial charge on any atom is 0.279 e. The molecule has 0 aromatic carbocycles. The van der Waals surface area contributed by atoms with Crippen LogP contribution in [-0.4, -0.2) is 23.9 Å². The molecule has 2 amide bonds. The van der Waals surface area contributed by atoms with Crippen molar-refractivity contribution in [3.8, 4) is 0 Å². The van der Waals surface area contributed by atoms with Gasteiger partial charge in [-0.1, -0.05) is 117 Å². The molecule has 1 saturated carbocycles. The Labute approximate surface area is 238 Å². The highest BCUT2D eigenvalue weighted by molar-refractivity contribution is 5.92. The number of hydrogen-bond acceptors (Lipinski definition) is 2. The van der Waals surface area contributed by atoms with E-state index in [0.29, 0.717) is 25.7 Å². The van der Waals surface area contributed by atoms with Crippen LogP contribution in [-0.2, 0) is 9.59 Å². The topological polar surface area (TPSA) is 58.2 Å². The third kappa shape index (κ3) is 18.3. The Bertz CT molecular complexity index is 650. The molecule has 0 heterocycles. The van der Waals surface area contributed by atoms with E-state index in [9.17, 15) is 18.4 Å². The number of carbonyl (C=O) groups is 2. The first-order chi connectivity index (χ1) is 19.0. The van der Waals surface area contributed by atoms with Gasteiger partial charge < -0.3 is 10.6 Å². The predicted molar refractivity (Wildman–Crippen MR) is 160 cm³/mol. The van der Waals surface area contributed by atoms with Gasteiger partial charge in [-0.2, -0.15) is 0 Å². The fourth-order valence-electron chi connectivity index (χ4n) is 5.33. The number of amides is 2. The zero-order valence-corrected chi connectivity index (χ0v) is 25.1. The van der Waals surface area contributed by atoms with E-state index in [1.54, 1.807) is 0 Å². The lowest BCUT2D eigenvalue weighted by molar-refractivity contribution is -0.122. The van der Waals surface area contributed by atoms with E-state index in [-0.39, 0.29) is 12.1 Å². The summed E-state index contributed by atoms with van der Waals surface area (Å²) in [5.41, 5.74) is 0. The van der Waals surface area contributed by atoms with Crippen LogP contribution in [0.2, 0.25) is 0 Å². The van der Waals surface area contributed by atoms with Crippen LogP contribution in [0.4, 0.5) is 8.78 Å². The zero-order valence-electron chi connectivity index (χ0n) is 25.1. The normalized spacial score (nSPS) is 17.9. The van der Waals surface area contributed by atoms with Crippen LogP contribution in [0.15, 0.2) is 23.8 Å². The lowest BCUT2D eigenvalue weighted by Gasteiger charge is -2.21. The Balaban J connectivity index is 2.22. The first-order valence-electron chi connectivity index (χ1n) is 16.3. The molecule has 226 valence electrons.